The molecule has 0 aromatic carbocycles. The summed E-state index contributed by atoms with van der Waals surface area (Å²) in [6.07, 6.45) is 5.86. The van der Waals surface area contributed by atoms with Gasteiger partial charge in [-0.1, -0.05) is 13.0 Å². The lowest BCUT2D eigenvalue weighted by Crippen LogP contribution is -2.14. The Hall–Kier alpha value is -0.590. The predicted octanol–water partition coefficient (Wildman–Crippen LogP) is 2.19. The maximum absolute atomic E-state index is 4.14. The van der Waals surface area contributed by atoms with E-state index >= 15 is 0 Å². The number of nitrogens with zero attached hydrogens (tertiary/aromatic N) is 1. The van der Waals surface area contributed by atoms with E-state index in [0.29, 0.717) is 0 Å². The summed E-state index contributed by atoms with van der Waals surface area (Å²) in [5.74, 6) is 0. The van der Waals surface area contributed by atoms with Gasteiger partial charge in [-0.25, -0.2) is 0 Å². The zero-order valence-corrected chi connectivity index (χ0v) is 6.15. The van der Waals surface area contributed by atoms with E-state index in [-0.39, 0.29) is 0 Å². The van der Waals surface area contributed by atoms with Gasteiger partial charge in [-0.3, -0.25) is 4.99 Å². The highest BCUT2D eigenvalue weighted by atomic mass is 14.7. The fraction of sp³-hybridized carbons (Fsp3) is 0.625. The average Bonchev–Trinajstić information content (AvgIpc) is 1.82. The summed E-state index contributed by atoms with van der Waals surface area (Å²) in [5, 5.41) is 0. The van der Waals surface area contributed by atoms with E-state index in [1.807, 2.05) is 7.05 Å². The fourth-order valence-electron chi connectivity index (χ4n) is 1.10. The highest BCUT2D eigenvalue weighted by molar-refractivity contribution is 6.05. The van der Waals surface area contributed by atoms with Crippen molar-refractivity contribution in [2.75, 3.05) is 7.05 Å². The lowest BCUT2D eigenvalue weighted by molar-refractivity contribution is 0.939. The van der Waals surface area contributed by atoms with Crippen LogP contribution in [0, 0.1) is 0 Å². The van der Waals surface area contributed by atoms with Crippen molar-refractivity contribution in [1.82, 2.24) is 0 Å². The molecule has 9 heavy (non-hydrogen) atoms. The molecular weight excluding hydrogens is 110 g/mol. The van der Waals surface area contributed by atoms with Crippen LogP contribution in [0.2, 0.25) is 0 Å². The molecule has 1 aliphatic rings. The van der Waals surface area contributed by atoms with Crippen LogP contribution in [-0.4, -0.2) is 12.8 Å². The molecule has 1 heteroatoms. The molecule has 0 spiro atoms. The molecule has 0 unspecified atom stereocenters. The van der Waals surface area contributed by atoms with E-state index in [9.17, 15) is 0 Å². The molecule has 0 bridgehead atoms. The summed E-state index contributed by atoms with van der Waals surface area (Å²) in [6.45, 7) is 2.17. The van der Waals surface area contributed by atoms with E-state index in [0.717, 1.165) is 6.42 Å². The normalized spacial score (nSPS) is 26.9. The van der Waals surface area contributed by atoms with E-state index in [4.69, 9.17) is 0 Å². The summed E-state index contributed by atoms with van der Waals surface area (Å²) in [4.78, 5) is 4.14. The molecule has 0 aliphatic heterocycles. The Labute approximate surface area is 56.5 Å². The van der Waals surface area contributed by atoms with Gasteiger partial charge in [0.1, 0.15) is 0 Å². The Morgan fingerprint density at radius 2 is 2.33 bits per heavy atom. The van der Waals surface area contributed by atoms with Crippen LogP contribution in [0.15, 0.2) is 16.6 Å². The molecule has 1 saturated carbocycles. The molecule has 0 amide bonds. The second-order valence-electron chi connectivity index (χ2n) is 2.31. The molecule has 0 atom stereocenters. The minimum Gasteiger partial charge on any atom is -0.293 e. The quantitative estimate of drug-likeness (QED) is 0.507. The maximum Gasteiger partial charge on any atom is 0.0377 e. The van der Waals surface area contributed by atoms with Crippen molar-refractivity contribution in [3.05, 3.63) is 11.6 Å². The zero-order valence-electron chi connectivity index (χ0n) is 6.15. The summed E-state index contributed by atoms with van der Waals surface area (Å²) < 4.78 is 0. The second-order valence-corrected chi connectivity index (χ2v) is 2.31. The van der Waals surface area contributed by atoms with Crippen LogP contribution in [0.1, 0.15) is 26.2 Å². The van der Waals surface area contributed by atoms with Crippen molar-refractivity contribution in [2.24, 2.45) is 4.99 Å². The van der Waals surface area contributed by atoms with E-state index < -0.39 is 0 Å². The van der Waals surface area contributed by atoms with E-state index in [2.05, 4.69) is 18.0 Å². The number of allylic oxidation sites excluding steroid dienone is 2. The van der Waals surface area contributed by atoms with Crippen LogP contribution in [0.4, 0.5) is 0 Å². The van der Waals surface area contributed by atoms with Gasteiger partial charge in [-0.05, 0) is 24.8 Å². The third-order valence-electron chi connectivity index (χ3n) is 1.72. The molecule has 0 radical (unpaired) electrons. The Morgan fingerprint density at radius 1 is 1.56 bits per heavy atom. The van der Waals surface area contributed by atoms with Crippen molar-refractivity contribution in [1.29, 1.82) is 0 Å². The van der Waals surface area contributed by atoms with Gasteiger partial charge in [-0.15, -0.1) is 0 Å². The molecule has 1 nitrogen and oxygen atoms in total. The standard InChI is InChI=1S/C8H13N/c1-3-4-7-5-6-8(7)9-2/h4H,3,5-6H2,1-2H3. The Balaban J connectivity index is 2.54. The van der Waals surface area contributed by atoms with Gasteiger partial charge >= 0.3 is 0 Å². The number of aliphatic imine (C=N–C) groups is 1. The molecule has 0 saturated heterocycles. The number of hydrogen-bond acceptors (Lipinski definition) is 1. The van der Waals surface area contributed by atoms with Crippen molar-refractivity contribution in [3.8, 4) is 0 Å². The van der Waals surface area contributed by atoms with Gasteiger partial charge in [0.25, 0.3) is 0 Å². The van der Waals surface area contributed by atoms with Gasteiger partial charge in [0.05, 0.1) is 0 Å². The van der Waals surface area contributed by atoms with Crippen molar-refractivity contribution in [2.45, 2.75) is 26.2 Å². The summed E-state index contributed by atoms with van der Waals surface area (Å²) in [5.41, 5.74) is 2.79. The van der Waals surface area contributed by atoms with Gasteiger partial charge in [0, 0.05) is 12.8 Å². The smallest absolute Gasteiger partial charge is 0.0377 e. The molecule has 0 aromatic rings. The highest BCUT2D eigenvalue weighted by Gasteiger charge is 2.15. The molecule has 1 rings (SSSR count). The molecule has 0 N–H and O–H groups in total. The Bertz CT molecular complexity index is 154. The summed E-state index contributed by atoms with van der Waals surface area (Å²) >= 11 is 0. The molecular formula is C8H13N. The second kappa shape index (κ2) is 2.81. The molecule has 0 heterocycles. The molecule has 0 aromatic heterocycles. The summed E-state index contributed by atoms with van der Waals surface area (Å²) in [7, 11) is 1.87. The minimum absolute atomic E-state index is 1.15. The maximum atomic E-state index is 4.14. The largest absolute Gasteiger partial charge is 0.293 e. The third kappa shape index (κ3) is 1.21. The van der Waals surface area contributed by atoms with E-state index in [1.165, 1.54) is 24.1 Å². The van der Waals surface area contributed by atoms with Crippen molar-refractivity contribution >= 4 is 5.71 Å². The lowest BCUT2D eigenvalue weighted by Gasteiger charge is -2.19. The van der Waals surface area contributed by atoms with Crippen LogP contribution >= 0.6 is 0 Å². The number of hydrogen-bond donors (Lipinski definition) is 0. The van der Waals surface area contributed by atoms with Crippen LogP contribution in [0.25, 0.3) is 0 Å². The monoisotopic (exact) mass is 123 g/mol. The van der Waals surface area contributed by atoms with Crippen molar-refractivity contribution in [3.63, 3.8) is 0 Å². The fourth-order valence-corrected chi connectivity index (χ4v) is 1.10. The third-order valence-corrected chi connectivity index (χ3v) is 1.72. The first-order valence-corrected chi connectivity index (χ1v) is 3.53. The van der Waals surface area contributed by atoms with Crippen LogP contribution in [0.5, 0.6) is 0 Å². The first-order valence-electron chi connectivity index (χ1n) is 3.53. The summed E-state index contributed by atoms with van der Waals surface area (Å²) in [6, 6.07) is 0. The van der Waals surface area contributed by atoms with Crippen LogP contribution < -0.4 is 0 Å². The average molecular weight is 123 g/mol. The Kier molecular flexibility index (Phi) is 2.04. The lowest BCUT2D eigenvalue weighted by atomic mass is 9.89. The van der Waals surface area contributed by atoms with Crippen LogP contribution in [0.3, 0.4) is 0 Å². The first kappa shape index (κ1) is 6.53. The zero-order chi connectivity index (χ0) is 6.69. The number of rotatable bonds is 1. The molecule has 1 aliphatic carbocycles. The van der Waals surface area contributed by atoms with Crippen molar-refractivity contribution < 1.29 is 0 Å². The first-order chi connectivity index (χ1) is 4.38. The van der Waals surface area contributed by atoms with Gasteiger partial charge in [0.15, 0.2) is 0 Å². The van der Waals surface area contributed by atoms with Gasteiger partial charge in [0.2, 0.25) is 0 Å². The Morgan fingerprint density at radius 3 is 2.67 bits per heavy atom. The topological polar surface area (TPSA) is 12.4 Å². The van der Waals surface area contributed by atoms with E-state index in [1.54, 1.807) is 0 Å². The van der Waals surface area contributed by atoms with Gasteiger partial charge < -0.3 is 0 Å². The predicted molar refractivity (Wildman–Crippen MR) is 41.0 cm³/mol. The molecule has 50 valence electrons. The van der Waals surface area contributed by atoms with Crippen LogP contribution in [-0.2, 0) is 0 Å². The SMILES string of the molecule is CCC=C1CCC1=NC. The highest BCUT2D eigenvalue weighted by Crippen LogP contribution is 2.22. The van der Waals surface area contributed by atoms with Gasteiger partial charge in [-0.2, -0.15) is 0 Å². The minimum atomic E-state index is 1.15. The molecule has 1 fully saturated rings.